The zero-order valence-electron chi connectivity index (χ0n) is 17.8. The smallest absolute Gasteiger partial charge is 0.346 e. The maximum absolute atomic E-state index is 14.9. The lowest BCUT2D eigenvalue weighted by Gasteiger charge is -2.29. The fraction of sp³-hybridized carbons (Fsp3) is 0.174. The van der Waals surface area contributed by atoms with E-state index in [1.807, 2.05) is 0 Å². The second-order valence-electron chi connectivity index (χ2n) is 8.09. The molecule has 1 aromatic heterocycles. The molecule has 2 amide bonds. The van der Waals surface area contributed by atoms with E-state index < -0.39 is 43.9 Å². The number of halogens is 2. The summed E-state index contributed by atoms with van der Waals surface area (Å²) < 4.78 is 40.5. The van der Waals surface area contributed by atoms with Crippen LogP contribution in [0.15, 0.2) is 52.7 Å². The van der Waals surface area contributed by atoms with Crippen LogP contribution in [0.2, 0.25) is 5.02 Å². The van der Waals surface area contributed by atoms with Crippen molar-refractivity contribution in [2.24, 2.45) is 0 Å². The topological polar surface area (TPSA) is 109 Å². The monoisotopic (exact) mass is 521 g/mol. The van der Waals surface area contributed by atoms with E-state index in [9.17, 15) is 32.3 Å². The minimum absolute atomic E-state index is 0.207. The second kappa shape index (κ2) is 8.30. The van der Waals surface area contributed by atoms with E-state index in [2.05, 4.69) is 0 Å². The largest absolute Gasteiger partial charge is 0.477 e. The van der Waals surface area contributed by atoms with Gasteiger partial charge in [0.2, 0.25) is 5.91 Å². The molecule has 176 valence electrons. The number of hydrogen-bond donors (Lipinski definition) is 1. The number of amides is 2. The number of hydrogen-bond acceptors (Lipinski definition) is 6. The maximum atomic E-state index is 14.9. The third-order valence-electron chi connectivity index (χ3n) is 5.73. The molecule has 11 heteroatoms. The van der Waals surface area contributed by atoms with Gasteiger partial charge in [-0.05, 0) is 54.6 Å². The molecule has 0 unspecified atom stereocenters. The molecule has 0 saturated carbocycles. The molecule has 0 radical (unpaired) electrons. The van der Waals surface area contributed by atoms with Crippen LogP contribution in [0.1, 0.15) is 45.0 Å². The summed E-state index contributed by atoms with van der Waals surface area (Å²) in [6.45, 7) is 2.89. The first-order chi connectivity index (χ1) is 15.9. The van der Waals surface area contributed by atoms with Gasteiger partial charge in [0, 0.05) is 5.02 Å². The lowest BCUT2D eigenvalue weighted by Crippen LogP contribution is -2.43. The zero-order valence-corrected chi connectivity index (χ0v) is 20.2. The van der Waals surface area contributed by atoms with Crippen LogP contribution >= 0.6 is 22.9 Å². The molecule has 0 aliphatic carbocycles. The summed E-state index contributed by atoms with van der Waals surface area (Å²) in [6.07, 6.45) is -0.327. The summed E-state index contributed by atoms with van der Waals surface area (Å²) in [5.74, 6) is -4.19. The molecule has 0 bridgehead atoms. The molecule has 34 heavy (non-hydrogen) atoms. The Hall–Kier alpha value is -3.08. The molecule has 0 spiro atoms. The van der Waals surface area contributed by atoms with Crippen molar-refractivity contribution in [2.45, 2.75) is 29.9 Å². The Kier molecular flexibility index (Phi) is 5.87. The fourth-order valence-electron chi connectivity index (χ4n) is 3.85. The first-order valence-corrected chi connectivity index (χ1v) is 12.6. The van der Waals surface area contributed by atoms with Gasteiger partial charge in [0.15, 0.2) is 9.84 Å². The average Bonchev–Trinajstić information content (AvgIpc) is 3.19. The predicted molar refractivity (Wildman–Crippen MR) is 125 cm³/mol. The Morgan fingerprint density at radius 2 is 1.85 bits per heavy atom. The van der Waals surface area contributed by atoms with Gasteiger partial charge in [-0.15, -0.1) is 11.3 Å². The van der Waals surface area contributed by atoms with Crippen LogP contribution in [0.5, 0.6) is 0 Å². The van der Waals surface area contributed by atoms with Gasteiger partial charge in [-0.2, -0.15) is 0 Å². The third-order valence-corrected chi connectivity index (χ3v) is 9.52. The van der Waals surface area contributed by atoms with Crippen LogP contribution in [0, 0.1) is 5.82 Å². The molecular formula is C23H17ClFNO6S2. The number of nitrogens with zero attached hydrogens (tertiary/aromatic N) is 1. The van der Waals surface area contributed by atoms with Crippen molar-refractivity contribution in [3.05, 3.63) is 80.3 Å². The van der Waals surface area contributed by atoms with E-state index in [1.165, 1.54) is 19.2 Å². The summed E-state index contributed by atoms with van der Waals surface area (Å²) in [6, 6.07) is 9.22. The van der Waals surface area contributed by atoms with E-state index in [-0.39, 0.29) is 32.3 Å². The number of imide groups is 1. The first-order valence-electron chi connectivity index (χ1n) is 9.88. The summed E-state index contributed by atoms with van der Waals surface area (Å²) in [7, 11) is -4.19. The standard InChI is InChI=1S/C23H17ClFNO6S2/c1-23(2,14-5-3-4-6-15(14)24)34(31,32)13-7-8-16(25)17(10-13)26-18(27)9-12-11-33-20(22(29)30)19(12)21(26)28/h3-8,10-11H,9H2,1-2H3,(H,29,30). The van der Waals surface area contributed by atoms with Crippen LogP contribution < -0.4 is 4.90 Å². The molecule has 0 atom stereocenters. The Morgan fingerprint density at radius 3 is 2.50 bits per heavy atom. The van der Waals surface area contributed by atoms with Crippen molar-refractivity contribution in [1.29, 1.82) is 0 Å². The van der Waals surface area contributed by atoms with Gasteiger partial charge in [0.05, 0.1) is 27.3 Å². The average molecular weight is 522 g/mol. The number of fused-ring (bicyclic) bond motifs is 1. The Bertz CT molecular complexity index is 1480. The Labute approximate surface area is 203 Å². The van der Waals surface area contributed by atoms with E-state index in [0.29, 0.717) is 10.5 Å². The number of aromatic carboxylic acids is 1. The van der Waals surface area contributed by atoms with Crippen LogP contribution in [0.25, 0.3) is 0 Å². The molecule has 0 fully saturated rings. The number of carboxylic acid groups (broad SMARTS) is 1. The molecule has 4 rings (SSSR count). The first kappa shape index (κ1) is 24.1. The van der Waals surface area contributed by atoms with Crippen LogP contribution in [-0.2, 0) is 25.8 Å². The molecular weight excluding hydrogens is 505 g/mol. The van der Waals surface area contributed by atoms with Crippen LogP contribution in [0.3, 0.4) is 0 Å². The summed E-state index contributed by atoms with van der Waals surface area (Å²) in [5, 5.41) is 11.0. The molecule has 3 aromatic rings. The number of thiophene rings is 1. The van der Waals surface area contributed by atoms with E-state index in [4.69, 9.17) is 11.6 Å². The number of sulfone groups is 1. The van der Waals surface area contributed by atoms with Crippen molar-refractivity contribution in [3.8, 4) is 0 Å². The third kappa shape index (κ3) is 3.62. The van der Waals surface area contributed by atoms with Crippen molar-refractivity contribution < 1.29 is 32.3 Å². The number of rotatable bonds is 5. The quantitative estimate of drug-likeness (QED) is 0.386. The number of benzene rings is 2. The van der Waals surface area contributed by atoms with Gasteiger partial charge in [-0.25, -0.2) is 22.5 Å². The highest BCUT2D eigenvalue weighted by molar-refractivity contribution is 7.92. The molecule has 1 aliphatic rings. The fourth-order valence-corrected chi connectivity index (χ4v) is 6.74. The van der Waals surface area contributed by atoms with E-state index in [0.717, 1.165) is 29.5 Å². The lowest BCUT2D eigenvalue weighted by molar-refractivity contribution is -0.117. The van der Waals surface area contributed by atoms with Crippen molar-refractivity contribution >= 4 is 56.2 Å². The van der Waals surface area contributed by atoms with Gasteiger partial charge >= 0.3 is 5.97 Å². The number of carboxylic acids is 1. The van der Waals surface area contributed by atoms with Gasteiger partial charge in [-0.3, -0.25) is 9.59 Å². The number of carbonyl (C=O) groups is 3. The minimum atomic E-state index is -4.19. The highest BCUT2D eigenvalue weighted by Crippen LogP contribution is 2.40. The highest BCUT2D eigenvalue weighted by atomic mass is 35.5. The van der Waals surface area contributed by atoms with Gasteiger partial charge in [-0.1, -0.05) is 29.8 Å². The van der Waals surface area contributed by atoms with E-state index in [1.54, 1.807) is 24.3 Å². The Balaban J connectivity index is 1.84. The zero-order chi connectivity index (χ0) is 25.0. The van der Waals surface area contributed by atoms with Crippen molar-refractivity contribution in [2.75, 3.05) is 4.90 Å². The molecule has 2 aromatic carbocycles. The summed E-state index contributed by atoms with van der Waals surface area (Å²) >= 11 is 7.02. The SMILES string of the molecule is CC(C)(c1ccccc1Cl)S(=O)(=O)c1ccc(F)c(N2C(=O)Cc3csc(C(=O)O)c3C2=O)c1. The van der Waals surface area contributed by atoms with Crippen LogP contribution in [-0.4, -0.2) is 31.3 Å². The molecule has 1 N–H and O–H groups in total. The maximum Gasteiger partial charge on any atom is 0.346 e. The lowest BCUT2D eigenvalue weighted by atomic mass is 10.0. The van der Waals surface area contributed by atoms with Crippen molar-refractivity contribution in [1.82, 2.24) is 0 Å². The summed E-state index contributed by atoms with van der Waals surface area (Å²) in [5.41, 5.74) is -0.222. The molecule has 0 saturated heterocycles. The highest BCUT2D eigenvalue weighted by Gasteiger charge is 2.41. The van der Waals surface area contributed by atoms with E-state index >= 15 is 0 Å². The number of anilines is 1. The van der Waals surface area contributed by atoms with Crippen molar-refractivity contribution in [3.63, 3.8) is 0 Å². The molecule has 7 nitrogen and oxygen atoms in total. The second-order valence-corrected chi connectivity index (χ2v) is 11.9. The normalized spacial score (nSPS) is 14.3. The molecule has 1 aliphatic heterocycles. The summed E-state index contributed by atoms with van der Waals surface area (Å²) in [4.78, 5) is 37.3. The number of carbonyl (C=O) groups excluding carboxylic acids is 2. The van der Waals surface area contributed by atoms with Crippen LogP contribution in [0.4, 0.5) is 10.1 Å². The predicted octanol–water partition coefficient (Wildman–Crippen LogP) is 4.68. The van der Waals surface area contributed by atoms with Gasteiger partial charge in [0.25, 0.3) is 5.91 Å². The minimum Gasteiger partial charge on any atom is -0.477 e. The Morgan fingerprint density at radius 1 is 1.18 bits per heavy atom. The molecule has 2 heterocycles. The van der Waals surface area contributed by atoms with Gasteiger partial charge < -0.3 is 5.11 Å². The van der Waals surface area contributed by atoms with Gasteiger partial charge in [0.1, 0.15) is 10.7 Å².